The minimum atomic E-state index is -0.165. The summed E-state index contributed by atoms with van der Waals surface area (Å²) in [5, 5.41) is 21.9. The van der Waals surface area contributed by atoms with Gasteiger partial charge in [0.25, 0.3) is 0 Å². The smallest absolute Gasteiger partial charge is 0.133 e. The van der Waals surface area contributed by atoms with Gasteiger partial charge in [-0.25, -0.2) is 0 Å². The van der Waals surface area contributed by atoms with Crippen molar-refractivity contribution >= 4 is 5.78 Å². The Morgan fingerprint density at radius 2 is 0.817 bits per heavy atom. The largest absolute Gasteiger partial charge is 0.507 e. The molecule has 4 heteroatoms. The van der Waals surface area contributed by atoms with Crippen LogP contribution in [0.25, 0.3) is 0 Å². The van der Waals surface area contributed by atoms with Crippen LogP contribution in [-0.4, -0.2) is 22.6 Å². The van der Waals surface area contributed by atoms with Crippen molar-refractivity contribution in [2.24, 2.45) is 5.41 Å². The Morgan fingerprint density at radius 3 is 1.20 bits per heavy atom. The van der Waals surface area contributed by atoms with Crippen molar-refractivity contribution < 1.29 is 19.7 Å². The molecule has 4 aromatic carbocycles. The van der Waals surface area contributed by atoms with E-state index in [1.165, 1.54) is 61.2 Å². The molecule has 0 amide bonds. The molecule has 0 saturated heterocycles. The molecule has 0 spiro atoms. The maximum atomic E-state index is 13.9. The molecule has 0 radical (unpaired) electrons. The highest BCUT2D eigenvalue weighted by Gasteiger charge is 2.47. The Bertz CT molecular complexity index is 2790. The summed E-state index contributed by atoms with van der Waals surface area (Å²) in [6.45, 7) is 64.8. The normalized spacial score (nSPS) is 15.4. The number of aryl methyl sites for hydroxylation is 4. The number of phenols is 2. The first-order valence-electron chi connectivity index (χ1n) is 31.6. The lowest BCUT2D eigenvalue weighted by Gasteiger charge is -2.34. The number of carbonyl (C=O) groups is 1. The molecule has 1 unspecified atom stereocenters. The summed E-state index contributed by atoms with van der Waals surface area (Å²) in [5.41, 5.74) is 19.3. The van der Waals surface area contributed by atoms with E-state index in [-0.39, 0.29) is 48.7 Å². The topological polar surface area (TPSA) is 66.8 Å². The molecule has 4 aromatic rings. The number of ether oxygens (including phenoxy) is 1. The van der Waals surface area contributed by atoms with Gasteiger partial charge >= 0.3 is 0 Å². The summed E-state index contributed by atoms with van der Waals surface area (Å²) in [6.07, 6.45) is 13.9. The number of ketones is 1. The second-order valence-corrected chi connectivity index (χ2v) is 32.7. The molecule has 2 N–H and O–H groups in total. The molecule has 452 valence electrons. The second kappa shape index (κ2) is 25.0. The number of benzene rings is 4. The van der Waals surface area contributed by atoms with Crippen molar-refractivity contribution in [3.05, 3.63) is 164 Å². The van der Waals surface area contributed by atoms with Crippen LogP contribution >= 0.6 is 0 Å². The number of aromatic hydroxyl groups is 2. The van der Waals surface area contributed by atoms with E-state index in [1.54, 1.807) is 0 Å². The quantitative estimate of drug-likeness (QED) is 0.0574. The Labute approximate surface area is 502 Å². The molecule has 0 fully saturated rings. The molecular formula is C78H116O4. The lowest BCUT2D eigenvalue weighted by molar-refractivity contribution is -0.120. The summed E-state index contributed by atoms with van der Waals surface area (Å²) in [5.74, 6) is 2.06. The number of allylic oxidation sites excluding steroid dienone is 3. The van der Waals surface area contributed by atoms with Gasteiger partial charge in [0.15, 0.2) is 0 Å². The van der Waals surface area contributed by atoms with Crippen LogP contribution in [0.2, 0.25) is 0 Å². The zero-order valence-electron chi connectivity index (χ0n) is 56.6. The molecule has 82 heavy (non-hydrogen) atoms. The van der Waals surface area contributed by atoms with Crippen LogP contribution in [-0.2, 0) is 78.5 Å². The fraction of sp³-hybridized carbons (Fsp3) is 0.603. The predicted molar refractivity (Wildman–Crippen MR) is 354 cm³/mol. The second-order valence-electron chi connectivity index (χ2n) is 32.7. The van der Waals surface area contributed by atoms with E-state index in [0.29, 0.717) is 36.7 Å². The zero-order chi connectivity index (χ0) is 62.1. The average Bonchev–Trinajstić information content (AvgIpc) is 2.16. The Kier molecular flexibility index (Phi) is 20.7. The van der Waals surface area contributed by atoms with Crippen LogP contribution in [0.3, 0.4) is 0 Å². The van der Waals surface area contributed by atoms with E-state index in [2.05, 4.69) is 228 Å². The van der Waals surface area contributed by atoms with Gasteiger partial charge in [0, 0.05) is 35.5 Å². The summed E-state index contributed by atoms with van der Waals surface area (Å²) in [4.78, 5) is 13.9. The molecule has 0 bridgehead atoms. The minimum Gasteiger partial charge on any atom is -0.507 e. The van der Waals surface area contributed by atoms with Gasteiger partial charge < -0.3 is 14.9 Å². The molecule has 2 aliphatic carbocycles. The van der Waals surface area contributed by atoms with E-state index < -0.39 is 0 Å². The van der Waals surface area contributed by atoms with E-state index in [9.17, 15) is 15.0 Å². The first-order chi connectivity index (χ1) is 37.4. The number of carbonyl (C=O) groups excluding carboxylic acids is 1. The first-order valence-corrected chi connectivity index (χ1v) is 31.6. The van der Waals surface area contributed by atoms with E-state index in [1.807, 2.05) is 6.08 Å². The molecule has 0 heterocycles. The van der Waals surface area contributed by atoms with Crippen LogP contribution in [0.1, 0.15) is 301 Å². The Hall–Kier alpha value is -4.83. The molecule has 0 saturated carbocycles. The van der Waals surface area contributed by atoms with Gasteiger partial charge in [-0.3, -0.25) is 4.79 Å². The Balaban J connectivity index is 0.000000549. The highest BCUT2D eigenvalue weighted by molar-refractivity contribution is 5.79. The van der Waals surface area contributed by atoms with Gasteiger partial charge in [-0.05, 0) is 175 Å². The zero-order valence-corrected chi connectivity index (χ0v) is 56.6. The first kappa shape index (κ1) is 68.0. The number of hydrogen-bond donors (Lipinski definition) is 2. The average molecular weight is 1120 g/mol. The lowest BCUT2D eigenvalue weighted by Crippen LogP contribution is -2.28. The summed E-state index contributed by atoms with van der Waals surface area (Å²) in [6, 6.07) is 18.3. The van der Waals surface area contributed by atoms with Crippen molar-refractivity contribution in [3.63, 3.8) is 0 Å². The summed E-state index contributed by atoms with van der Waals surface area (Å²) in [7, 11) is 0. The van der Waals surface area contributed by atoms with Crippen molar-refractivity contribution in [2.75, 3.05) is 6.61 Å². The molecule has 2 aliphatic rings. The molecule has 6 rings (SSSR count). The SMILES string of the molecule is C=C(CCc1cc(C(C)(C)C)c(O)c(C(C)(C)C)c1)CCC(CCC)(CCC(=O)CCc1cc(C(C)(C)C)c2c(c1)C2(C)C)COC(=C)CCc1cc(C(C)(C)C)c2c(c1)C2(C)C.C=CCCc1cc(C(C)(C)C)c(O)c(C(C)(C)C)c1. The van der Waals surface area contributed by atoms with Crippen molar-refractivity contribution in [2.45, 2.75) is 292 Å². The van der Waals surface area contributed by atoms with Crippen molar-refractivity contribution in [1.29, 1.82) is 0 Å². The third-order valence-corrected chi connectivity index (χ3v) is 18.2. The summed E-state index contributed by atoms with van der Waals surface area (Å²) < 4.78 is 6.71. The Morgan fingerprint density at radius 1 is 0.476 bits per heavy atom. The molecule has 1 atom stereocenters. The van der Waals surface area contributed by atoms with Crippen LogP contribution in [0, 0.1) is 5.41 Å². The van der Waals surface area contributed by atoms with Crippen LogP contribution < -0.4 is 0 Å². The molecule has 0 aromatic heterocycles. The molecule has 0 aliphatic heterocycles. The number of phenolic OH excluding ortho intramolecular Hbond substituents is 2. The van der Waals surface area contributed by atoms with E-state index >= 15 is 0 Å². The van der Waals surface area contributed by atoms with Crippen molar-refractivity contribution in [3.8, 4) is 11.5 Å². The van der Waals surface area contributed by atoms with Gasteiger partial charge in [0.1, 0.15) is 17.3 Å². The molecule has 4 nitrogen and oxygen atoms in total. The van der Waals surface area contributed by atoms with Gasteiger partial charge in [0.2, 0.25) is 0 Å². The number of fused-ring (bicyclic) bond motifs is 2. The van der Waals surface area contributed by atoms with Crippen LogP contribution in [0.4, 0.5) is 0 Å². The maximum Gasteiger partial charge on any atom is 0.133 e. The van der Waals surface area contributed by atoms with Gasteiger partial charge in [-0.1, -0.05) is 239 Å². The van der Waals surface area contributed by atoms with Crippen LogP contribution in [0.5, 0.6) is 11.5 Å². The number of Topliss-reactive ketones (excluding diaryl/α,β-unsaturated/α-hetero) is 1. The van der Waals surface area contributed by atoms with E-state index in [0.717, 1.165) is 105 Å². The minimum absolute atomic E-state index is 0.0473. The highest BCUT2D eigenvalue weighted by atomic mass is 16.5. The highest BCUT2D eigenvalue weighted by Crippen LogP contribution is 2.56. The summed E-state index contributed by atoms with van der Waals surface area (Å²) >= 11 is 0. The monoisotopic (exact) mass is 1120 g/mol. The van der Waals surface area contributed by atoms with E-state index in [4.69, 9.17) is 4.74 Å². The fourth-order valence-electron chi connectivity index (χ4n) is 12.6. The maximum absolute atomic E-state index is 13.9. The standard InChI is InChI=1S/C60H88O3.C18H28O/c1-20-29-60(31-28-44(61)26-25-43-33-46(55(7,8)9)52-48(35-43)59(52,18)19,38-63-40(3)22-24-42-32-45(54(4,5)6)51-47(34-42)58(51,16)17)30-27-39(2)21-23-41-36-49(56(10,11)12)53(62)50(37-41)57(13,14)15;1-8-9-10-13-11-14(17(2,3)4)16(19)15(12-13)18(5,6)7/h32-37,62H,2-3,20-31,38H2,1,4-19H3;8,11-12,19H,1,9-10H2,2-7H3. The molecular weight excluding hydrogens is 1000 g/mol. The van der Waals surface area contributed by atoms with Crippen molar-refractivity contribution in [1.82, 2.24) is 0 Å². The third kappa shape index (κ3) is 17.0. The number of hydrogen-bond acceptors (Lipinski definition) is 4. The van der Waals surface area contributed by atoms with Gasteiger partial charge in [-0.15, -0.1) is 6.58 Å². The van der Waals surface area contributed by atoms with Crippen LogP contribution in [0.15, 0.2) is 85.7 Å². The van der Waals surface area contributed by atoms with Gasteiger partial charge in [0.05, 0.1) is 12.4 Å². The number of rotatable bonds is 23. The van der Waals surface area contributed by atoms with Gasteiger partial charge in [-0.2, -0.15) is 0 Å². The fourth-order valence-corrected chi connectivity index (χ4v) is 12.6. The lowest BCUT2D eigenvalue weighted by atomic mass is 9.74. The predicted octanol–water partition coefficient (Wildman–Crippen LogP) is 21.2. The third-order valence-electron chi connectivity index (χ3n) is 18.2.